The zero-order valence-corrected chi connectivity index (χ0v) is 12.6. The summed E-state index contributed by atoms with van der Waals surface area (Å²) in [5.41, 5.74) is 3.30. The number of fused-ring (bicyclic) bond motifs is 1. The van der Waals surface area contributed by atoms with Crippen molar-refractivity contribution in [2.75, 3.05) is 13.2 Å². The Balaban J connectivity index is 1.60. The normalized spacial score (nSPS) is 17.7. The van der Waals surface area contributed by atoms with Gasteiger partial charge in [0.15, 0.2) is 0 Å². The highest BCUT2D eigenvalue weighted by Crippen LogP contribution is 2.25. The van der Waals surface area contributed by atoms with E-state index in [0.717, 1.165) is 41.7 Å². The van der Waals surface area contributed by atoms with Crippen LogP contribution in [0.4, 0.5) is 0 Å². The van der Waals surface area contributed by atoms with Crippen molar-refractivity contribution in [3.63, 3.8) is 0 Å². The molecule has 6 nitrogen and oxygen atoms in total. The first-order valence-corrected chi connectivity index (χ1v) is 7.83. The van der Waals surface area contributed by atoms with Gasteiger partial charge in [0.1, 0.15) is 5.69 Å². The van der Waals surface area contributed by atoms with Crippen LogP contribution >= 0.6 is 0 Å². The fourth-order valence-corrected chi connectivity index (χ4v) is 3.01. The number of H-pyrrole nitrogens is 2. The summed E-state index contributed by atoms with van der Waals surface area (Å²) < 4.78 is 5.55. The Morgan fingerprint density at radius 2 is 2.35 bits per heavy atom. The van der Waals surface area contributed by atoms with Gasteiger partial charge in [-0.1, -0.05) is 6.07 Å². The monoisotopic (exact) mass is 310 g/mol. The number of carbonyl (C=O) groups is 1. The van der Waals surface area contributed by atoms with Crippen LogP contribution in [-0.2, 0) is 4.74 Å². The molecule has 4 rings (SSSR count). The molecule has 0 aliphatic carbocycles. The zero-order valence-electron chi connectivity index (χ0n) is 12.6. The third-order valence-corrected chi connectivity index (χ3v) is 4.20. The number of ether oxygens (including phenoxy) is 1. The van der Waals surface area contributed by atoms with Crippen molar-refractivity contribution in [2.24, 2.45) is 0 Å². The van der Waals surface area contributed by atoms with Crippen LogP contribution in [0.5, 0.6) is 0 Å². The van der Waals surface area contributed by atoms with Gasteiger partial charge in [0.05, 0.1) is 11.8 Å². The maximum Gasteiger partial charge on any atom is 0.252 e. The smallest absolute Gasteiger partial charge is 0.252 e. The minimum Gasteiger partial charge on any atom is -0.376 e. The third kappa shape index (κ3) is 2.73. The highest BCUT2D eigenvalue weighted by molar-refractivity contribution is 6.07. The minimum atomic E-state index is -0.0707. The molecule has 1 fully saturated rings. The summed E-state index contributed by atoms with van der Waals surface area (Å²) in [6.07, 6.45) is 4.00. The van der Waals surface area contributed by atoms with E-state index in [4.69, 9.17) is 4.74 Å². The molecule has 2 aromatic heterocycles. The highest BCUT2D eigenvalue weighted by Gasteiger charge is 2.18. The van der Waals surface area contributed by atoms with Gasteiger partial charge in [0.2, 0.25) is 0 Å². The molecule has 1 saturated heterocycles. The number of hydrogen-bond acceptors (Lipinski definition) is 3. The van der Waals surface area contributed by atoms with E-state index in [2.05, 4.69) is 20.5 Å². The van der Waals surface area contributed by atoms with E-state index in [-0.39, 0.29) is 12.0 Å². The number of hydrogen-bond donors (Lipinski definition) is 3. The Morgan fingerprint density at radius 3 is 3.13 bits per heavy atom. The van der Waals surface area contributed by atoms with Gasteiger partial charge < -0.3 is 15.0 Å². The lowest BCUT2D eigenvalue weighted by molar-refractivity contribution is 0.0859. The molecule has 3 aromatic rings. The molecule has 23 heavy (non-hydrogen) atoms. The topological polar surface area (TPSA) is 82.8 Å². The molecule has 1 amide bonds. The van der Waals surface area contributed by atoms with Gasteiger partial charge in [-0.3, -0.25) is 9.89 Å². The van der Waals surface area contributed by atoms with Crippen LogP contribution < -0.4 is 5.32 Å². The second kappa shape index (κ2) is 5.89. The van der Waals surface area contributed by atoms with Gasteiger partial charge in [-0.25, -0.2) is 0 Å². The van der Waals surface area contributed by atoms with Crippen molar-refractivity contribution in [3.8, 4) is 11.4 Å². The largest absolute Gasteiger partial charge is 0.376 e. The number of nitrogens with one attached hydrogen (secondary N) is 3. The van der Waals surface area contributed by atoms with Gasteiger partial charge in [-0.15, -0.1) is 0 Å². The van der Waals surface area contributed by atoms with Gasteiger partial charge in [0.25, 0.3) is 5.91 Å². The van der Waals surface area contributed by atoms with Crippen LogP contribution in [0.2, 0.25) is 0 Å². The molecule has 0 saturated carbocycles. The van der Waals surface area contributed by atoms with E-state index in [1.165, 1.54) is 0 Å². The minimum absolute atomic E-state index is 0.0707. The number of carbonyl (C=O) groups excluding carboxylic acids is 1. The Labute approximate surface area is 133 Å². The van der Waals surface area contributed by atoms with Crippen molar-refractivity contribution in [1.29, 1.82) is 0 Å². The van der Waals surface area contributed by atoms with Crippen molar-refractivity contribution < 1.29 is 9.53 Å². The van der Waals surface area contributed by atoms with E-state index >= 15 is 0 Å². The molecule has 6 heteroatoms. The van der Waals surface area contributed by atoms with Crippen molar-refractivity contribution >= 4 is 16.8 Å². The number of nitrogens with zero attached hydrogens (tertiary/aromatic N) is 1. The zero-order chi connectivity index (χ0) is 15.6. The molecule has 1 aromatic carbocycles. The fourth-order valence-electron chi connectivity index (χ4n) is 3.01. The molecule has 1 atom stereocenters. The van der Waals surface area contributed by atoms with E-state index < -0.39 is 0 Å². The average molecular weight is 310 g/mol. The second-order valence-corrected chi connectivity index (χ2v) is 5.75. The predicted molar refractivity (Wildman–Crippen MR) is 87.2 cm³/mol. The van der Waals surface area contributed by atoms with E-state index in [9.17, 15) is 4.79 Å². The van der Waals surface area contributed by atoms with Crippen molar-refractivity contribution in [1.82, 2.24) is 20.5 Å². The number of aromatic amines is 2. The molecular weight excluding hydrogens is 292 g/mol. The Bertz CT molecular complexity index is 816. The van der Waals surface area contributed by atoms with Crippen molar-refractivity contribution in [3.05, 3.63) is 42.1 Å². The first-order chi connectivity index (χ1) is 11.3. The predicted octanol–water partition coefficient (Wildman–Crippen LogP) is 2.47. The van der Waals surface area contributed by atoms with Crippen LogP contribution in [-0.4, -0.2) is 40.3 Å². The number of aromatic nitrogens is 3. The Morgan fingerprint density at radius 1 is 1.39 bits per heavy atom. The average Bonchev–Trinajstić information content (AvgIpc) is 3.32. The third-order valence-electron chi connectivity index (χ3n) is 4.20. The molecule has 0 radical (unpaired) electrons. The molecule has 118 valence electrons. The number of amides is 1. The van der Waals surface area contributed by atoms with Crippen LogP contribution in [0.25, 0.3) is 22.3 Å². The summed E-state index contributed by atoms with van der Waals surface area (Å²) in [7, 11) is 0. The van der Waals surface area contributed by atoms with Crippen LogP contribution in [0.1, 0.15) is 23.2 Å². The quantitative estimate of drug-likeness (QED) is 0.692. The fraction of sp³-hybridized carbons (Fsp3) is 0.294. The molecule has 3 heterocycles. The first kappa shape index (κ1) is 14.0. The molecule has 1 unspecified atom stereocenters. The summed E-state index contributed by atoms with van der Waals surface area (Å²) in [5, 5.41) is 10.8. The summed E-state index contributed by atoms with van der Waals surface area (Å²) in [4.78, 5) is 15.8. The lowest BCUT2D eigenvalue weighted by atomic mass is 10.1. The molecule has 3 N–H and O–H groups in total. The van der Waals surface area contributed by atoms with Crippen molar-refractivity contribution in [2.45, 2.75) is 18.9 Å². The summed E-state index contributed by atoms with van der Waals surface area (Å²) >= 11 is 0. The Kier molecular flexibility index (Phi) is 3.59. The van der Waals surface area contributed by atoms with Gasteiger partial charge in [-0.2, -0.15) is 5.10 Å². The van der Waals surface area contributed by atoms with E-state index in [0.29, 0.717) is 12.1 Å². The standard InChI is InChI=1S/C17H18N4O2/c22-17(18-10-11-3-2-8-23-11)12-4-1-5-14-13(12)9-16(20-14)15-6-7-19-21-15/h1,4-7,9,11,20H,2-3,8,10H2,(H,18,22)(H,19,21). The van der Waals surface area contributed by atoms with Crippen LogP contribution in [0, 0.1) is 0 Å². The van der Waals surface area contributed by atoms with Gasteiger partial charge >= 0.3 is 0 Å². The molecular formula is C17H18N4O2. The molecule has 1 aliphatic heterocycles. The Hall–Kier alpha value is -2.60. The molecule has 1 aliphatic rings. The van der Waals surface area contributed by atoms with Gasteiger partial charge in [0, 0.05) is 35.8 Å². The van der Waals surface area contributed by atoms with E-state index in [1.54, 1.807) is 6.20 Å². The second-order valence-electron chi connectivity index (χ2n) is 5.75. The van der Waals surface area contributed by atoms with Gasteiger partial charge in [-0.05, 0) is 37.1 Å². The maximum atomic E-state index is 12.5. The highest BCUT2D eigenvalue weighted by atomic mass is 16.5. The first-order valence-electron chi connectivity index (χ1n) is 7.83. The summed E-state index contributed by atoms with van der Waals surface area (Å²) in [6.45, 7) is 1.35. The number of rotatable bonds is 4. The van der Waals surface area contributed by atoms with E-state index in [1.807, 2.05) is 30.3 Å². The molecule has 0 bridgehead atoms. The lowest BCUT2D eigenvalue weighted by Crippen LogP contribution is -2.31. The summed E-state index contributed by atoms with van der Waals surface area (Å²) in [5.74, 6) is -0.0707. The maximum absolute atomic E-state index is 12.5. The van der Waals surface area contributed by atoms with Crippen LogP contribution in [0.15, 0.2) is 36.5 Å². The number of benzene rings is 1. The molecule has 0 spiro atoms. The SMILES string of the molecule is O=C(NCC1CCCO1)c1cccc2[nH]c(-c3cc[nH]n3)cc12. The lowest BCUT2D eigenvalue weighted by Gasteiger charge is -2.11. The van der Waals surface area contributed by atoms with Crippen LogP contribution in [0.3, 0.4) is 0 Å². The summed E-state index contributed by atoms with van der Waals surface area (Å²) in [6, 6.07) is 9.54.